The van der Waals surface area contributed by atoms with Crippen molar-refractivity contribution in [2.45, 2.75) is 13.0 Å². The second-order valence-corrected chi connectivity index (χ2v) is 6.68. The summed E-state index contributed by atoms with van der Waals surface area (Å²) in [4.78, 5) is 4.41. The van der Waals surface area contributed by atoms with Crippen LogP contribution >= 0.6 is 11.8 Å². The maximum atomic E-state index is 7.99. The molecular weight excluding hydrogens is 314 g/mol. The lowest BCUT2D eigenvalue weighted by molar-refractivity contribution is -0.109. The molecule has 1 aromatic carbocycles. The normalized spacial score (nSPS) is 18.7. The smallest absolute Gasteiger partial charge is 0.307 e. The zero-order valence-electron chi connectivity index (χ0n) is 13.1. The Hall–Kier alpha value is -1.93. The Labute approximate surface area is 139 Å². The lowest BCUT2D eigenvalue weighted by Crippen LogP contribution is -2.50. The van der Waals surface area contributed by atoms with E-state index in [1.54, 1.807) is 0 Å². The molecule has 0 saturated carbocycles. The zero-order chi connectivity index (χ0) is 16.4. The number of nitrogens with zero attached hydrogens (tertiary/aromatic N) is 2. The minimum Gasteiger partial charge on any atom is -0.454 e. The van der Waals surface area contributed by atoms with Crippen molar-refractivity contribution in [2.75, 3.05) is 33.0 Å². The fourth-order valence-electron chi connectivity index (χ4n) is 2.87. The molecule has 1 fully saturated rings. The van der Waals surface area contributed by atoms with E-state index in [2.05, 4.69) is 24.0 Å². The molecule has 2 aliphatic rings. The van der Waals surface area contributed by atoms with Gasteiger partial charge in [-0.1, -0.05) is 6.07 Å². The maximum Gasteiger partial charge on any atom is 0.307 e. The van der Waals surface area contributed by atoms with Crippen molar-refractivity contribution in [3.8, 4) is 11.5 Å². The van der Waals surface area contributed by atoms with Crippen LogP contribution in [0.2, 0.25) is 0 Å². The Balaban J connectivity index is 1.59. The van der Waals surface area contributed by atoms with E-state index in [0.29, 0.717) is 18.0 Å². The molecular formula is C15H22N5O2S+. The average Bonchev–Trinajstić information content (AvgIpc) is 3.01. The van der Waals surface area contributed by atoms with Crippen LogP contribution < -0.4 is 20.6 Å². The molecule has 1 saturated heterocycles. The molecule has 8 heteroatoms. The number of rotatable bonds is 2. The summed E-state index contributed by atoms with van der Waals surface area (Å²) in [5.74, 6) is 1.63. The van der Waals surface area contributed by atoms with Crippen LogP contribution in [0.3, 0.4) is 0 Å². The van der Waals surface area contributed by atoms with Crippen LogP contribution in [0.15, 0.2) is 18.2 Å². The van der Waals surface area contributed by atoms with Gasteiger partial charge in [0, 0.05) is 44.0 Å². The van der Waals surface area contributed by atoms with Crippen molar-refractivity contribution in [2.24, 2.45) is 5.73 Å². The minimum absolute atomic E-state index is 0.214. The Morgan fingerprint density at radius 1 is 1.26 bits per heavy atom. The van der Waals surface area contributed by atoms with Gasteiger partial charge >= 0.3 is 5.17 Å². The number of fused-ring (bicyclic) bond motifs is 1. The number of thioether (sulfide) groups is 1. The van der Waals surface area contributed by atoms with Gasteiger partial charge in [-0.25, -0.2) is 0 Å². The van der Waals surface area contributed by atoms with Gasteiger partial charge in [-0.05, 0) is 24.6 Å². The molecule has 2 heterocycles. The maximum absolute atomic E-state index is 7.99. The molecule has 2 aliphatic heterocycles. The van der Waals surface area contributed by atoms with Crippen LogP contribution in [-0.4, -0.2) is 53.1 Å². The first-order valence-electron chi connectivity index (χ1n) is 7.57. The molecule has 0 amide bonds. The quantitative estimate of drug-likeness (QED) is 0.512. The van der Waals surface area contributed by atoms with Crippen LogP contribution in [0.1, 0.15) is 18.5 Å². The summed E-state index contributed by atoms with van der Waals surface area (Å²) >= 11 is 1.11. The van der Waals surface area contributed by atoms with E-state index in [1.165, 1.54) is 5.56 Å². The standard InChI is InChI=1S/C15H21N5O2S/c1-10(11-2-3-12-13(8-11)22-9-21-12)19-4-6-20(7-5-19)15(18)23-14(16)17/h2-3,8,10,18H,4-7,9H2,1H3,(H3,16,17)/p+1/t10-/m1/s1. The second-order valence-electron chi connectivity index (χ2n) is 5.62. The molecule has 0 spiro atoms. The van der Waals surface area contributed by atoms with Crippen molar-refractivity contribution in [1.82, 2.24) is 9.80 Å². The first-order valence-corrected chi connectivity index (χ1v) is 8.39. The van der Waals surface area contributed by atoms with E-state index in [1.807, 2.05) is 11.0 Å². The second kappa shape index (κ2) is 6.67. The molecule has 7 nitrogen and oxygen atoms in total. The van der Waals surface area contributed by atoms with E-state index < -0.39 is 0 Å². The van der Waals surface area contributed by atoms with Crippen molar-refractivity contribution < 1.29 is 14.9 Å². The highest BCUT2D eigenvalue weighted by Gasteiger charge is 2.25. The zero-order valence-corrected chi connectivity index (χ0v) is 13.9. The van der Waals surface area contributed by atoms with Gasteiger partial charge < -0.3 is 14.4 Å². The third-order valence-corrected chi connectivity index (χ3v) is 4.93. The molecule has 23 heavy (non-hydrogen) atoms. The van der Waals surface area contributed by atoms with E-state index >= 15 is 0 Å². The number of hydrogen-bond acceptors (Lipinski definition) is 5. The predicted octanol–water partition coefficient (Wildman–Crippen LogP) is -0.164. The molecule has 0 unspecified atom stereocenters. The van der Waals surface area contributed by atoms with E-state index in [-0.39, 0.29) is 5.17 Å². The molecule has 0 aliphatic carbocycles. The van der Waals surface area contributed by atoms with Crippen LogP contribution in [0.5, 0.6) is 11.5 Å². The summed E-state index contributed by atoms with van der Waals surface area (Å²) in [6, 6.07) is 6.41. The van der Waals surface area contributed by atoms with Crippen LogP contribution in [0.25, 0.3) is 0 Å². The van der Waals surface area contributed by atoms with Gasteiger partial charge in [-0.15, -0.1) is 0 Å². The molecule has 5 N–H and O–H groups in total. The van der Waals surface area contributed by atoms with Gasteiger partial charge in [0.05, 0.1) is 0 Å². The highest BCUT2D eigenvalue weighted by Crippen LogP contribution is 2.35. The fourth-order valence-corrected chi connectivity index (χ4v) is 3.41. The summed E-state index contributed by atoms with van der Waals surface area (Å²) in [6.45, 7) is 5.87. The molecule has 1 atom stereocenters. The number of hydrogen-bond donors (Lipinski definition) is 3. The van der Waals surface area contributed by atoms with Crippen LogP contribution in [0.4, 0.5) is 0 Å². The highest BCUT2D eigenvalue weighted by molar-refractivity contribution is 8.26. The number of amidine groups is 2. The van der Waals surface area contributed by atoms with Crippen molar-refractivity contribution in [3.05, 3.63) is 23.8 Å². The summed E-state index contributed by atoms with van der Waals surface area (Å²) in [5.41, 5.74) is 6.67. The number of nitrogens with one attached hydrogen (secondary N) is 1. The van der Waals surface area contributed by atoms with E-state index in [0.717, 1.165) is 49.4 Å². The molecule has 0 aromatic heterocycles. The van der Waals surface area contributed by atoms with Crippen molar-refractivity contribution in [1.29, 1.82) is 5.41 Å². The average molecular weight is 336 g/mol. The SMILES string of the molecule is C[C@H](c1ccc2c(c1)OCO2)N1CCN(C(=N)SC(N)=[NH2+])CC1. The van der Waals surface area contributed by atoms with Crippen LogP contribution in [0, 0.1) is 5.41 Å². The number of benzene rings is 1. The van der Waals surface area contributed by atoms with Crippen molar-refractivity contribution in [3.63, 3.8) is 0 Å². The van der Waals surface area contributed by atoms with Gasteiger partial charge in [-0.2, -0.15) is 0 Å². The Bertz CT molecular complexity index is 616. The molecule has 0 bridgehead atoms. The Kier molecular flexibility index (Phi) is 4.63. The third kappa shape index (κ3) is 3.53. The molecule has 124 valence electrons. The monoisotopic (exact) mass is 336 g/mol. The van der Waals surface area contributed by atoms with Gasteiger partial charge in [0.1, 0.15) is 0 Å². The van der Waals surface area contributed by atoms with Gasteiger partial charge in [0.25, 0.3) is 0 Å². The first kappa shape index (κ1) is 15.9. The lowest BCUT2D eigenvalue weighted by Gasteiger charge is -2.38. The van der Waals surface area contributed by atoms with E-state index in [4.69, 9.17) is 26.0 Å². The highest BCUT2D eigenvalue weighted by atomic mass is 32.2. The van der Waals surface area contributed by atoms with Gasteiger partial charge in [0.15, 0.2) is 16.7 Å². The fraction of sp³-hybridized carbons (Fsp3) is 0.467. The van der Waals surface area contributed by atoms with Gasteiger partial charge in [0.2, 0.25) is 6.79 Å². The summed E-state index contributed by atoms with van der Waals surface area (Å²) in [5, 5.41) is 14.1. The topological polar surface area (TPSA) is 100 Å². The Morgan fingerprint density at radius 2 is 1.96 bits per heavy atom. The van der Waals surface area contributed by atoms with E-state index in [9.17, 15) is 0 Å². The summed E-state index contributed by atoms with van der Waals surface area (Å²) < 4.78 is 10.8. The first-order chi connectivity index (χ1) is 11.0. The molecule has 1 aromatic rings. The lowest BCUT2D eigenvalue weighted by atomic mass is 10.1. The summed E-state index contributed by atoms with van der Waals surface area (Å²) in [7, 11) is 0. The predicted molar refractivity (Wildman–Crippen MR) is 90.6 cm³/mol. The van der Waals surface area contributed by atoms with Crippen molar-refractivity contribution >= 4 is 22.1 Å². The number of nitrogens with two attached hydrogens (primary N) is 2. The van der Waals surface area contributed by atoms with Crippen LogP contribution in [-0.2, 0) is 0 Å². The number of ether oxygens (including phenoxy) is 2. The molecule has 0 radical (unpaired) electrons. The Morgan fingerprint density at radius 3 is 2.65 bits per heavy atom. The number of piperazine rings is 1. The minimum atomic E-state index is 0.214. The summed E-state index contributed by atoms with van der Waals surface area (Å²) in [6.07, 6.45) is 0. The van der Waals surface area contributed by atoms with Gasteiger partial charge in [-0.3, -0.25) is 21.5 Å². The largest absolute Gasteiger partial charge is 0.454 e. The molecule has 3 rings (SSSR count). The third-order valence-electron chi connectivity index (χ3n) is 4.24.